The Morgan fingerprint density at radius 3 is 2.52 bits per heavy atom. The minimum absolute atomic E-state index is 0.0419. The van der Waals surface area contributed by atoms with Crippen molar-refractivity contribution < 1.29 is 4.79 Å². The summed E-state index contributed by atoms with van der Waals surface area (Å²) >= 11 is 0. The van der Waals surface area contributed by atoms with E-state index in [1.54, 1.807) is 0 Å². The first-order chi connectivity index (χ1) is 12.3. The molecule has 0 saturated carbocycles. The quantitative estimate of drug-likeness (QED) is 0.767. The molecule has 4 nitrogen and oxygen atoms in total. The average molecular weight is 333 g/mol. The van der Waals surface area contributed by atoms with Crippen LogP contribution in [0.1, 0.15) is 30.1 Å². The molecule has 0 radical (unpaired) electrons. The third-order valence-electron chi connectivity index (χ3n) is 5.01. The van der Waals surface area contributed by atoms with Crippen LogP contribution in [-0.2, 0) is 0 Å². The molecule has 0 bridgehead atoms. The first-order valence-corrected chi connectivity index (χ1v) is 9.01. The van der Waals surface area contributed by atoms with Gasteiger partial charge in [0, 0.05) is 48.0 Å². The van der Waals surface area contributed by atoms with Crippen molar-refractivity contribution in [1.82, 2.24) is 4.98 Å². The van der Waals surface area contributed by atoms with E-state index in [2.05, 4.69) is 22.0 Å². The molecule has 2 aromatic carbocycles. The molecule has 1 N–H and O–H groups in total. The van der Waals surface area contributed by atoms with Crippen molar-refractivity contribution in [1.29, 1.82) is 0 Å². The maximum absolute atomic E-state index is 13.0. The van der Waals surface area contributed by atoms with Crippen LogP contribution in [0.15, 0.2) is 54.7 Å². The van der Waals surface area contributed by atoms with E-state index in [-0.39, 0.29) is 5.91 Å². The van der Waals surface area contributed by atoms with Gasteiger partial charge < -0.3 is 14.8 Å². The van der Waals surface area contributed by atoms with Crippen molar-refractivity contribution in [2.45, 2.75) is 19.8 Å². The van der Waals surface area contributed by atoms with Gasteiger partial charge in [0.1, 0.15) is 0 Å². The number of anilines is 2. The van der Waals surface area contributed by atoms with Gasteiger partial charge in [0.2, 0.25) is 0 Å². The molecule has 1 aliphatic heterocycles. The van der Waals surface area contributed by atoms with E-state index in [0.717, 1.165) is 35.2 Å². The van der Waals surface area contributed by atoms with Gasteiger partial charge in [-0.15, -0.1) is 0 Å². The van der Waals surface area contributed by atoms with Crippen molar-refractivity contribution >= 4 is 28.2 Å². The van der Waals surface area contributed by atoms with E-state index in [4.69, 9.17) is 0 Å². The number of aromatic nitrogens is 1. The van der Waals surface area contributed by atoms with Crippen molar-refractivity contribution in [3.05, 3.63) is 60.3 Å². The van der Waals surface area contributed by atoms with Crippen LogP contribution in [0.2, 0.25) is 0 Å². The number of H-pyrrole nitrogens is 1. The van der Waals surface area contributed by atoms with E-state index in [1.807, 2.05) is 54.4 Å². The topological polar surface area (TPSA) is 39.3 Å². The number of carbonyl (C=O) groups excluding carboxylic acids is 1. The van der Waals surface area contributed by atoms with Crippen LogP contribution >= 0.6 is 0 Å². The normalized spacial score (nSPS) is 14.2. The Labute approximate surface area is 148 Å². The molecule has 128 valence electrons. The summed E-state index contributed by atoms with van der Waals surface area (Å²) < 4.78 is 0. The highest BCUT2D eigenvalue weighted by molar-refractivity contribution is 6.10. The summed E-state index contributed by atoms with van der Waals surface area (Å²) in [5, 5.41) is 1.08. The van der Waals surface area contributed by atoms with E-state index < -0.39 is 0 Å². The van der Waals surface area contributed by atoms with E-state index in [1.165, 1.54) is 18.5 Å². The maximum Gasteiger partial charge on any atom is 0.258 e. The zero-order valence-corrected chi connectivity index (χ0v) is 14.5. The highest BCUT2D eigenvalue weighted by Gasteiger charge is 2.20. The van der Waals surface area contributed by atoms with Gasteiger partial charge in [-0.25, -0.2) is 0 Å². The molecule has 1 aromatic heterocycles. The molecule has 0 atom stereocenters. The van der Waals surface area contributed by atoms with Crippen LogP contribution in [0.3, 0.4) is 0 Å². The lowest BCUT2D eigenvalue weighted by Crippen LogP contribution is -2.30. The highest BCUT2D eigenvalue weighted by atomic mass is 16.2. The van der Waals surface area contributed by atoms with Gasteiger partial charge in [-0.3, -0.25) is 4.79 Å². The van der Waals surface area contributed by atoms with Crippen LogP contribution in [-0.4, -0.2) is 30.5 Å². The maximum atomic E-state index is 13.0. The predicted octanol–water partition coefficient (Wildman–Crippen LogP) is 4.43. The van der Waals surface area contributed by atoms with Crippen molar-refractivity contribution in [2.24, 2.45) is 0 Å². The molecule has 4 heteroatoms. The Balaban J connectivity index is 1.61. The lowest BCUT2D eigenvalue weighted by Gasteiger charge is -2.21. The third kappa shape index (κ3) is 2.88. The number of hydrogen-bond donors (Lipinski definition) is 1. The molecular weight excluding hydrogens is 310 g/mol. The Hall–Kier alpha value is -2.75. The summed E-state index contributed by atoms with van der Waals surface area (Å²) in [6.45, 7) is 4.88. The molecule has 0 spiro atoms. The lowest BCUT2D eigenvalue weighted by atomic mass is 10.1. The minimum Gasteiger partial charge on any atom is -0.372 e. The molecule has 1 amide bonds. The number of hydrogen-bond acceptors (Lipinski definition) is 2. The van der Waals surface area contributed by atoms with Crippen molar-refractivity contribution in [3.8, 4) is 0 Å². The fourth-order valence-corrected chi connectivity index (χ4v) is 3.65. The fraction of sp³-hybridized carbons (Fsp3) is 0.286. The van der Waals surface area contributed by atoms with E-state index >= 15 is 0 Å². The van der Waals surface area contributed by atoms with Crippen LogP contribution in [0.25, 0.3) is 10.9 Å². The summed E-state index contributed by atoms with van der Waals surface area (Å²) in [5.41, 5.74) is 3.93. The standard InChI is InChI=1S/C21H23N3O/c1-2-24(20-15-22-19-8-4-3-7-18(19)20)21(25)16-9-11-17(12-10-16)23-13-5-6-14-23/h3-4,7-12,15,22H,2,5-6,13-14H2,1H3. The Morgan fingerprint density at radius 1 is 1.08 bits per heavy atom. The van der Waals surface area contributed by atoms with Gasteiger partial charge in [-0.1, -0.05) is 18.2 Å². The van der Waals surface area contributed by atoms with Crippen LogP contribution in [0.5, 0.6) is 0 Å². The van der Waals surface area contributed by atoms with Gasteiger partial charge >= 0.3 is 0 Å². The lowest BCUT2D eigenvalue weighted by molar-refractivity contribution is 0.0988. The highest BCUT2D eigenvalue weighted by Crippen LogP contribution is 2.28. The molecule has 1 aliphatic rings. The number of nitrogens with zero attached hydrogens (tertiary/aromatic N) is 2. The SMILES string of the molecule is CCN(C(=O)c1ccc(N2CCCC2)cc1)c1c[nH]c2ccccc12. The summed E-state index contributed by atoms with van der Waals surface area (Å²) in [7, 11) is 0. The number of para-hydroxylation sites is 1. The largest absolute Gasteiger partial charge is 0.372 e. The molecule has 1 saturated heterocycles. The fourth-order valence-electron chi connectivity index (χ4n) is 3.65. The number of fused-ring (bicyclic) bond motifs is 1. The summed E-state index contributed by atoms with van der Waals surface area (Å²) in [4.78, 5) is 20.5. The van der Waals surface area contributed by atoms with Crippen molar-refractivity contribution in [2.75, 3.05) is 29.4 Å². The Kier molecular flexibility index (Phi) is 4.18. The van der Waals surface area contributed by atoms with Gasteiger partial charge in [-0.2, -0.15) is 0 Å². The second-order valence-corrected chi connectivity index (χ2v) is 6.51. The zero-order valence-electron chi connectivity index (χ0n) is 14.5. The van der Waals surface area contributed by atoms with E-state index in [9.17, 15) is 4.79 Å². The van der Waals surface area contributed by atoms with Gasteiger partial charge in [0.15, 0.2) is 0 Å². The Morgan fingerprint density at radius 2 is 1.80 bits per heavy atom. The summed E-state index contributed by atoms with van der Waals surface area (Å²) in [6, 6.07) is 16.1. The summed E-state index contributed by atoms with van der Waals surface area (Å²) in [5.74, 6) is 0.0419. The smallest absolute Gasteiger partial charge is 0.258 e. The number of nitrogens with one attached hydrogen (secondary N) is 1. The van der Waals surface area contributed by atoms with E-state index in [0.29, 0.717) is 6.54 Å². The first kappa shape index (κ1) is 15.8. The van der Waals surface area contributed by atoms with Crippen LogP contribution < -0.4 is 9.80 Å². The van der Waals surface area contributed by atoms with Gasteiger partial charge in [-0.05, 0) is 50.1 Å². The Bertz CT molecular complexity index is 876. The van der Waals surface area contributed by atoms with Gasteiger partial charge in [0.25, 0.3) is 5.91 Å². The van der Waals surface area contributed by atoms with Gasteiger partial charge in [0.05, 0.1) is 5.69 Å². The molecule has 0 unspecified atom stereocenters. The molecular formula is C21H23N3O. The number of aromatic amines is 1. The zero-order chi connectivity index (χ0) is 17.2. The number of rotatable bonds is 4. The number of amides is 1. The molecule has 3 aromatic rings. The second-order valence-electron chi connectivity index (χ2n) is 6.51. The van der Waals surface area contributed by atoms with Crippen LogP contribution in [0.4, 0.5) is 11.4 Å². The molecule has 2 heterocycles. The summed E-state index contributed by atoms with van der Waals surface area (Å²) in [6.07, 6.45) is 4.43. The number of benzene rings is 2. The molecule has 0 aliphatic carbocycles. The monoisotopic (exact) mass is 333 g/mol. The predicted molar refractivity (Wildman–Crippen MR) is 104 cm³/mol. The van der Waals surface area contributed by atoms with Crippen LogP contribution in [0, 0.1) is 0 Å². The minimum atomic E-state index is 0.0419. The number of carbonyl (C=O) groups is 1. The molecule has 1 fully saturated rings. The van der Waals surface area contributed by atoms with Crippen molar-refractivity contribution in [3.63, 3.8) is 0 Å². The first-order valence-electron chi connectivity index (χ1n) is 9.01. The average Bonchev–Trinajstić information content (AvgIpc) is 3.33. The second kappa shape index (κ2) is 6.63. The third-order valence-corrected chi connectivity index (χ3v) is 5.01. The molecule has 25 heavy (non-hydrogen) atoms. The molecule has 4 rings (SSSR count).